The minimum absolute atomic E-state index is 0.379. The minimum atomic E-state index is -3.10. The lowest BCUT2D eigenvalue weighted by Gasteiger charge is -2.20. The molecule has 2 aromatic rings. The van der Waals surface area contributed by atoms with Crippen LogP contribution in [0.5, 0.6) is 5.75 Å². The van der Waals surface area contributed by atoms with Gasteiger partial charge in [0.1, 0.15) is 5.75 Å². The SMILES string of the molecule is CCOP(=O)(c1ccccc1)c1ccccc1OC. The van der Waals surface area contributed by atoms with Crippen LogP contribution in [-0.4, -0.2) is 13.7 Å². The topological polar surface area (TPSA) is 35.5 Å². The highest BCUT2D eigenvalue weighted by Gasteiger charge is 2.30. The molecule has 1 unspecified atom stereocenters. The number of para-hydroxylation sites is 1. The highest BCUT2D eigenvalue weighted by atomic mass is 31.2. The van der Waals surface area contributed by atoms with E-state index in [0.29, 0.717) is 23.0 Å². The van der Waals surface area contributed by atoms with Crippen molar-refractivity contribution in [3.05, 3.63) is 54.6 Å². The Balaban J connectivity index is 2.60. The van der Waals surface area contributed by atoms with Gasteiger partial charge in [0.25, 0.3) is 7.37 Å². The maximum absolute atomic E-state index is 13.3. The van der Waals surface area contributed by atoms with Crippen molar-refractivity contribution in [3.8, 4) is 5.75 Å². The van der Waals surface area contributed by atoms with Crippen LogP contribution in [0, 0.1) is 0 Å². The van der Waals surface area contributed by atoms with Gasteiger partial charge >= 0.3 is 0 Å². The predicted molar refractivity (Wildman–Crippen MR) is 77.9 cm³/mol. The second-order valence-electron chi connectivity index (χ2n) is 3.98. The molecule has 0 bridgehead atoms. The lowest BCUT2D eigenvalue weighted by atomic mass is 10.3. The smallest absolute Gasteiger partial charge is 0.264 e. The zero-order valence-corrected chi connectivity index (χ0v) is 12.0. The third-order valence-electron chi connectivity index (χ3n) is 2.81. The van der Waals surface area contributed by atoms with Crippen LogP contribution in [0.2, 0.25) is 0 Å². The Labute approximate surface area is 113 Å². The van der Waals surface area contributed by atoms with Crippen molar-refractivity contribution >= 4 is 18.0 Å². The van der Waals surface area contributed by atoms with Gasteiger partial charge in [-0.25, -0.2) is 0 Å². The van der Waals surface area contributed by atoms with Crippen LogP contribution in [0.1, 0.15) is 6.92 Å². The molecule has 4 heteroatoms. The third-order valence-corrected chi connectivity index (χ3v) is 5.41. The molecule has 0 aliphatic heterocycles. The summed E-state index contributed by atoms with van der Waals surface area (Å²) in [5, 5.41) is 1.28. The number of ether oxygens (including phenoxy) is 1. The summed E-state index contributed by atoms with van der Waals surface area (Å²) in [5.74, 6) is 0.586. The molecule has 2 aromatic carbocycles. The van der Waals surface area contributed by atoms with E-state index in [2.05, 4.69) is 0 Å². The number of benzene rings is 2. The Bertz CT molecular complexity index is 581. The van der Waals surface area contributed by atoms with E-state index in [1.54, 1.807) is 19.2 Å². The average molecular weight is 276 g/mol. The van der Waals surface area contributed by atoms with Crippen molar-refractivity contribution in [2.24, 2.45) is 0 Å². The molecule has 0 aromatic heterocycles. The molecule has 0 saturated heterocycles. The van der Waals surface area contributed by atoms with E-state index < -0.39 is 7.37 Å². The van der Waals surface area contributed by atoms with Crippen LogP contribution in [0.15, 0.2) is 54.6 Å². The Morgan fingerprint density at radius 2 is 1.63 bits per heavy atom. The fourth-order valence-electron chi connectivity index (χ4n) is 1.96. The Hall–Kier alpha value is -1.57. The summed E-state index contributed by atoms with van der Waals surface area (Å²) in [6, 6.07) is 16.5. The molecule has 0 fully saturated rings. The van der Waals surface area contributed by atoms with E-state index in [-0.39, 0.29) is 0 Å². The van der Waals surface area contributed by atoms with Gasteiger partial charge in [0, 0.05) is 5.30 Å². The highest BCUT2D eigenvalue weighted by Crippen LogP contribution is 2.46. The summed E-state index contributed by atoms with van der Waals surface area (Å²) < 4.78 is 24.2. The van der Waals surface area contributed by atoms with Crippen molar-refractivity contribution in [2.45, 2.75) is 6.92 Å². The number of methoxy groups -OCH3 is 1. The van der Waals surface area contributed by atoms with Crippen molar-refractivity contribution in [1.82, 2.24) is 0 Å². The monoisotopic (exact) mass is 276 g/mol. The molecule has 100 valence electrons. The predicted octanol–water partition coefficient (Wildman–Crippen LogP) is 2.96. The lowest BCUT2D eigenvalue weighted by molar-refractivity contribution is 0.346. The molecule has 2 rings (SSSR count). The molecule has 0 N–H and O–H groups in total. The summed E-state index contributed by atoms with van der Waals surface area (Å²) in [6.45, 7) is 2.22. The van der Waals surface area contributed by atoms with Gasteiger partial charge in [-0.1, -0.05) is 30.3 Å². The molecule has 0 heterocycles. The van der Waals surface area contributed by atoms with Gasteiger partial charge in [-0.2, -0.15) is 0 Å². The second-order valence-corrected chi connectivity index (χ2v) is 6.34. The fourth-order valence-corrected chi connectivity index (χ4v) is 4.20. The quantitative estimate of drug-likeness (QED) is 0.788. The summed E-state index contributed by atoms with van der Waals surface area (Å²) in [6.07, 6.45) is 0. The molecule has 0 aliphatic carbocycles. The maximum atomic E-state index is 13.3. The largest absolute Gasteiger partial charge is 0.496 e. The molecule has 3 nitrogen and oxygen atoms in total. The van der Waals surface area contributed by atoms with E-state index in [0.717, 1.165) is 0 Å². The van der Waals surface area contributed by atoms with Crippen LogP contribution >= 0.6 is 7.37 Å². The second kappa shape index (κ2) is 6.05. The number of rotatable bonds is 5. The van der Waals surface area contributed by atoms with Gasteiger partial charge in [0.2, 0.25) is 0 Å². The van der Waals surface area contributed by atoms with Gasteiger partial charge in [0.05, 0.1) is 19.0 Å². The first-order valence-corrected chi connectivity index (χ1v) is 7.78. The van der Waals surface area contributed by atoms with Gasteiger partial charge in [-0.3, -0.25) is 4.57 Å². The van der Waals surface area contributed by atoms with Crippen molar-refractivity contribution < 1.29 is 13.8 Å². The van der Waals surface area contributed by atoms with E-state index in [9.17, 15) is 4.57 Å². The fraction of sp³-hybridized carbons (Fsp3) is 0.200. The van der Waals surface area contributed by atoms with E-state index in [1.165, 1.54) is 0 Å². The van der Waals surface area contributed by atoms with Crippen molar-refractivity contribution in [2.75, 3.05) is 13.7 Å². The minimum Gasteiger partial charge on any atom is -0.496 e. The van der Waals surface area contributed by atoms with Gasteiger partial charge in [-0.15, -0.1) is 0 Å². The van der Waals surface area contributed by atoms with Crippen LogP contribution in [0.25, 0.3) is 0 Å². The summed E-state index contributed by atoms with van der Waals surface area (Å²) in [5.41, 5.74) is 0. The van der Waals surface area contributed by atoms with E-state index in [1.807, 2.05) is 49.4 Å². The van der Waals surface area contributed by atoms with Crippen LogP contribution < -0.4 is 15.3 Å². The Kier molecular flexibility index (Phi) is 4.41. The first-order chi connectivity index (χ1) is 9.22. The van der Waals surface area contributed by atoms with E-state index in [4.69, 9.17) is 9.26 Å². The number of hydrogen-bond donors (Lipinski definition) is 0. The molecule has 0 saturated carbocycles. The lowest BCUT2D eigenvalue weighted by Crippen LogP contribution is -2.19. The van der Waals surface area contributed by atoms with E-state index >= 15 is 0 Å². The van der Waals surface area contributed by atoms with Crippen LogP contribution in [-0.2, 0) is 9.09 Å². The highest BCUT2D eigenvalue weighted by molar-refractivity contribution is 7.74. The first kappa shape index (κ1) is 13.9. The van der Waals surface area contributed by atoms with Gasteiger partial charge in [0.15, 0.2) is 0 Å². The zero-order chi connectivity index (χ0) is 13.7. The molecule has 0 amide bonds. The molecular weight excluding hydrogens is 259 g/mol. The standard InChI is InChI=1S/C15H17O3P/c1-3-18-19(16,13-9-5-4-6-10-13)15-12-8-7-11-14(15)17-2/h4-12H,3H2,1-2H3. The van der Waals surface area contributed by atoms with Crippen molar-refractivity contribution in [1.29, 1.82) is 0 Å². The zero-order valence-electron chi connectivity index (χ0n) is 11.1. The maximum Gasteiger partial charge on any atom is 0.264 e. The van der Waals surface area contributed by atoms with Crippen LogP contribution in [0.3, 0.4) is 0 Å². The summed E-state index contributed by atoms with van der Waals surface area (Å²) in [7, 11) is -1.53. The summed E-state index contributed by atoms with van der Waals surface area (Å²) >= 11 is 0. The first-order valence-electron chi connectivity index (χ1n) is 6.16. The molecule has 0 radical (unpaired) electrons. The normalized spacial score (nSPS) is 13.8. The Morgan fingerprint density at radius 1 is 1.00 bits per heavy atom. The molecule has 0 spiro atoms. The summed E-state index contributed by atoms with van der Waals surface area (Å²) in [4.78, 5) is 0. The third kappa shape index (κ3) is 2.73. The van der Waals surface area contributed by atoms with Gasteiger partial charge < -0.3 is 9.26 Å². The molecule has 0 aliphatic rings. The van der Waals surface area contributed by atoms with Gasteiger partial charge in [-0.05, 0) is 31.2 Å². The van der Waals surface area contributed by atoms with Crippen molar-refractivity contribution in [3.63, 3.8) is 0 Å². The molecule has 19 heavy (non-hydrogen) atoms. The van der Waals surface area contributed by atoms with Crippen LogP contribution in [0.4, 0.5) is 0 Å². The molecular formula is C15H17O3P. The molecule has 1 atom stereocenters. The number of hydrogen-bond acceptors (Lipinski definition) is 3. The average Bonchev–Trinajstić information content (AvgIpc) is 2.48. The Morgan fingerprint density at radius 3 is 2.26 bits per heavy atom.